The molecule has 0 fully saturated rings. The first-order valence-electron chi connectivity index (χ1n) is 8.28. The zero-order valence-corrected chi connectivity index (χ0v) is 16.1. The standard InChI is InChI=1S/C18H19N5O4S/c1-22(27-2)28(25,26)16-6-3-5-15(11-16)18(24)20-13-14-7-8-17(19-12-14)23-10-4-9-21-23/h3-12H,13H2,1-2H3,(H,20,24). The van der Waals surface area contributed by atoms with Gasteiger partial charge in [0, 0.05) is 37.7 Å². The first kappa shape index (κ1) is 19.7. The Bertz CT molecular complexity index is 1050. The Balaban J connectivity index is 1.68. The SMILES string of the molecule is CON(C)S(=O)(=O)c1cccc(C(=O)NCc2ccc(-n3cccn3)nc2)c1. The summed E-state index contributed by atoms with van der Waals surface area (Å²) in [6, 6.07) is 11.2. The van der Waals surface area contributed by atoms with Gasteiger partial charge in [-0.2, -0.15) is 5.10 Å². The van der Waals surface area contributed by atoms with Gasteiger partial charge in [0.2, 0.25) is 0 Å². The molecule has 1 aromatic carbocycles. The number of hydroxylamine groups is 1. The number of carbonyl (C=O) groups excluding carboxylic acids is 1. The van der Waals surface area contributed by atoms with Crippen LogP contribution in [-0.4, -0.2) is 47.7 Å². The van der Waals surface area contributed by atoms with Gasteiger partial charge < -0.3 is 5.32 Å². The number of nitrogens with zero attached hydrogens (tertiary/aromatic N) is 4. The van der Waals surface area contributed by atoms with Crippen LogP contribution in [0.5, 0.6) is 0 Å². The van der Waals surface area contributed by atoms with Crippen LogP contribution in [0.15, 0.2) is 66.0 Å². The van der Waals surface area contributed by atoms with E-state index >= 15 is 0 Å². The maximum atomic E-state index is 12.4. The van der Waals surface area contributed by atoms with E-state index in [0.29, 0.717) is 5.82 Å². The van der Waals surface area contributed by atoms with Crippen molar-refractivity contribution >= 4 is 15.9 Å². The number of hydrogen-bond acceptors (Lipinski definition) is 6. The molecule has 10 heteroatoms. The molecule has 3 aromatic rings. The monoisotopic (exact) mass is 401 g/mol. The van der Waals surface area contributed by atoms with Gasteiger partial charge in [-0.15, -0.1) is 0 Å². The summed E-state index contributed by atoms with van der Waals surface area (Å²) in [5, 5.41) is 6.85. The molecule has 3 rings (SSSR count). The summed E-state index contributed by atoms with van der Waals surface area (Å²) in [4.78, 5) is 21.4. The second-order valence-electron chi connectivity index (χ2n) is 5.78. The number of benzene rings is 1. The maximum absolute atomic E-state index is 12.4. The molecule has 1 amide bonds. The van der Waals surface area contributed by atoms with Crippen molar-refractivity contribution in [3.8, 4) is 5.82 Å². The fourth-order valence-electron chi connectivity index (χ4n) is 2.39. The molecule has 0 bridgehead atoms. The summed E-state index contributed by atoms with van der Waals surface area (Å²) < 4.78 is 27.0. The lowest BCUT2D eigenvalue weighted by molar-refractivity contribution is -0.0258. The van der Waals surface area contributed by atoms with Gasteiger partial charge in [-0.3, -0.25) is 9.63 Å². The number of pyridine rings is 1. The number of sulfonamides is 1. The molecule has 0 aliphatic heterocycles. The summed E-state index contributed by atoms with van der Waals surface area (Å²) in [5.74, 6) is 0.272. The molecule has 0 spiro atoms. The van der Waals surface area contributed by atoms with E-state index in [0.717, 1.165) is 10.0 Å². The van der Waals surface area contributed by atoms with Gasteiger partial charge in [-0.25, -0.2) is 18.1 Å². The summed E-state index contributed by atoms with van der Waals surface area (Å²) in [7, 11) is -1.30. The molecular formula is C18H19N5O4S. The van der Waals surface area contributed by atoms with Crippen LogP contribution in [-0.2, 0) is 21.4 Å². The fraction of sp³-hybridized carbons (Fsp3) is 0.167. The van der Waals surface area contributed by atoms with Crippen molar-refractivity contribution in [3.63, 3.8) is 0 Å². The van der Waals surface area contributed by atoms with Crippen LogP contribution >= 0.6 is 0 Å². The van der Waals surface area contributed by atoms with E-state index in [1.807, 2.05) is 6.07 Å². The smallest absolute Gasteiger partial charge is 0.264 e. The third kappa shape index (κ3) is 4.25. The van der Waals surface area contributed by atoms with Gasteiger partial charge in [0.1, 0.15) is 0 Å². The molecule has 146 valence electrons. The summed E-state index contributed by atoms with van der Waals surface area (Å²) >= 11 is 0. The quantitative estimate of drug-likeness (QED) is 0.600. The zero-order valence-electron chi connectivity index (χ0n) is 15.3. The topological polar surface area (TPSA) is 106 Å². The van der Waals surface area contributed by atoms with Crippen molar-refractivity contribution in [2.24, 2.45) is 0 Å². The highest BCUT2D eigenvalue weighted by atomic mass is 32.2. The number of nitrogens with one attached hydrogen (secondary N) is 1. The maximum Gasteiger partial charge on any atom is 0.264 e. The Labute approximate surface area is 162 Å². The van der Waals surface area contributed by atoms with Crippen LogP contribution in [0.2, 0.25) is 0 Å². The summed E-state index contributed by atoms with van der Waals surface area (Å²) in [6.07, 6.45) is 5.09. The van der Waals surface area contributed by atoms with E-state index in [-0.39, 0.29) is 17.0 Å². The highest BCUT2D eigenvalue weighted by molar-refractivity contribution is 7.89. The van der Waals surface area contributed by atoms with Crippen LogP contribution < -0.4 is 5.32 Å². The van der Waals surface area contributed by atoms with Crippen LogP contribution in [0, 0.1) is 0 Å². The number of rotatable bonds is 7. The Morgan fingerprint density at radius 2 is 2.07 bits per heavy atom. The minimum Gasteiger partial charge on any atom is -0.348 e. The zero-order chi connectivity index (χ0) is 20.1. The van der Waals surface area contributed by atoms with E-state index in [2.05, 4.69) is 15.4 Å². The van der Waals surface area contributed by atoms with Crippen molar-refractivity contribution in [1.82, 2.24) is 24.5 Å². The minimum absolute atomic E-state index is 0.0326. The average Bonchev–Trinajstić information content (AvgIpc) is 3.26. The molecule has 0 atom stereocenters. The van der Waals surface area contributed by atoms with Gasteiger partial charge in [0.05, 0.1) is 12.0 Å². The molecule has 0 aliphatic rings. The van der Waals surface area contributed by atoms with Crippen molar-refractivity contribution in [3.05, 3.63) is 72.2 Å². The predicted molar refractivity (Wildman–Crippen MR) is 101 cm³/mol. The summed E-state index contributed by atoms with van der Waals surface area (Å²) in [5.41, 5.74) is 1.03. The third-order valence-corrected chi connectivity index (χ3v) is 5.67. The van der Waals surface area contributed by atoms with E-state index in [9.17, 15) is 13.2 Å². The molecule has 0 unspecified atom stereocenters. The fourth-order valence-corrected chi connectivity index (χ4v) is 3.41. The van der Waals surface area contributed by atoms with Gasteiger partial charge in [0.25, 0.3) is 15.9 Å². The van der Waals surface area contributed by atoms with Crippen molar-refractivity contribution in [2.75, 3.05) is 14.2 Å². The lowest BCUT2D eigenvalue weighted by atomic mass is 10.2. The highest BCUT2D eigenvalue weighted by Crippen LogP contribution is 2.16. The molecule has 9 nitrogen and oxygen atoms in total. The van der Waals surface area contributed by atoms with Crippen molar-refractivity contribution < 1.29 is 18.0 Å². The van der Waals surface area contributed by atoms with Gasteiger partial charge in [0.15, 0.2) is 5.82 Å². The number of amides is 1. The molecule has 0 radical (unpaired) electrons. The van der Waals surface area contributed by atoms with Crippen LogP contribution in [0.25, 0.3) is 5.82 Å². The van der Waals surface area contributed by atoms with Gasteiger partial charge >= 0.3 is 0 Å². The predicted octanol–water partition coefficient (Wildman–Crippen LogP) is 1.38. The number of hydrogen-bond donors (Lipinski definition) is 1. The minimum atomic E-state index is -3.83. The second kappa shape index (κ2) is 8.30. The van der Waals surface area contributed by atoms with Crippen LogP contribution in [0.3, 0.4) is 0 Å². The summed E-state index contributed by atoms with van der Waals surface area (Å²) in [6.45, 7) is 0.250. The van der Waals surface area contributed by atoms with Gasteiger partial charge in [-0.05, 0) is 35.9 Å². The molecular weight excluding hydrogens is 382 g/mol. The third-order valence-electron chi connectivity index (χ3n) is 3.99. The lowest BCUT2D eigenvalue weighted by Crippen LogP contribution is -2.27. The number of carbonyl (C=O) groups is 1. The van der Waals surface area contributed by atoms with E-state index < -0.39 is 15.9 Å². The first-order chi connectivity index (χ1) is 13.4. The highest BCUT2D eigenvalue weighted by Gasteiger charge is 2.21. The van der Waals surface area contributed by atoms with E-state index in [4.69, 9.17) is 4.84 Å². The second-order valence-corrected chi connectivity index (χ2v) is 7.72. The molecule has 0 saturated carbocycles. The molecule has 2 aromatic heterocycles. The normalized spacial score (nSPS) is 11.5. The van der Waals surface area contributed by atoms with Crippen molar-refractivity contribution in [2.45, 2.75) is 11.4 Å². The molecule has 28 heavy (non-hydrogen) atoms. The average molecular weight is 401 g/mol. The van der Waals surface area contributed by atoms with E-state index in [1.165, 1.54) is 32.4 Å². The Morgan fingerprint density at radius 1 is 1.25 bits per heavy atom. The van der Waals surface area contributed by atoms with Crippen molar-refractivity contribution in [1.29, 1.82) is 0 Å². The molecule has 1 N–H and O–H groups in total. The molecule has 0 aliphatic carbocycles. The Kier molecular flexibility index (Phi) is 5.83. The molecule has 0 saturated heterocycles. The first-order valence-corrected chi connectivity index (χ1v) is 9.72. The van der Waals surface area contributed by atoms with E-state index in [1.54, 1.807) is 41.5 Å². The van der Waals surface area contributed by atoms with Crippen LogP contribution in [0.1, 0.15) is 15.9 Å². The Hall–Kier alpha value is -3.08. The number of aromatic nitrogens is 3. The Morgan fingerprint density at radius 3 is 2.71 bits per heavy atom. The molecule has 2 heterocycles. The lowest BCUT2D eigenvalue weighted by Gasteiger charge is -2.14. The largest absolute Gasteiger partial charge is 0.348 e. The van der Waals surface area contributed by atoms with Gasteiger partial charge in [-0.1, -0.05) is 16.6 Å². The van der Waals surface area contributed by atoms with Crippen LogP contribution in [0.4, 0.5) is 0 Å².